The predicted molar refractivity (Wildman–Crippen MR) is 234 cm³/mol. The van der Waals surface area contributed by atoms with Crippen molar-refractivity contribution in [1.29, 1.82) is 0 Å². The average molecular weight is 844 g/mol. The minimum absolute atomic E-state index is 0.0627. The summed E-state index contributed by atoms with van der Waals surface area (Å²) in [6, 6.07) is 23.5. The minimum atomic E-state index is -4.24. The molecule has 2 atom stereocenters. The van der Waals surface area contributed by atoms with Crippen LogP contribution < -0.4 is 25.4 Å². The molecule has 2 N–H and O–H groups in total. The Morgan fingerprint density at radius 2 is 1.57 bits per heavy atom. The van der Waals surface area contributed by atoms with Gasteiger partial charge >= 0.3 is 0 Å². The quantitative estimate of drug-likeness (QED) is 0.0931. The van der Waals surface area contributed by atoms with E-state index in [9.17, 15) is 17.8 Å². The summed E-state index contributed by atoms with van der Waals surface area (Å²) >= 11 is 0. The van der Waals surface area contributed by atoms with Crippen molar-refractivity contribution in [3.05, 3.63) is 117 Å². The molecular weight excluding hydrogens is 791 g/mol. The highest BCUT2D eigenvalue weighted by molar-refractivity contribution is 7.85. The van der Waals surface area contributed by atoms with Gasteiger partial charge in [-0.3, -0.25) is 14.3 Å². The summed E-state index contributed by atoms with van der Waals surface area (Å²) in [6.45, 7) is 15.6. The van der Waals surface area contributed by atoms with Gasteiger partial charge in [0.25, 0.3) is 16.0 Å². The van der Waals surface area contributed by atoms with Crippen molar-refractivity contribution in [2.75, 3.05) is 30.8 Å². The third-order valence-electron chi connectivity index (χ3n) is 11.7. The first-order valence-corrected chi connectivity index (χ1v) is 22.6. The third-order valence-corrected chi connectivity index (χ3v) is 12.5. The van der Waals surface area contributed by atoms with Crippen LogP contribution in [0.3, 0.4) is 0 Å². The van der Waals surface area contributed by atoms with Crippen LogP contribution in [0.4, 0.5) is 5.69 Å². The molecule has 0 fully saturated rings. The number of aromatic nitrogens is 4. The molecule has 0 radical (unpaired) electrons. The molecule has 0 saturated heterocycles. The number of aryl methyl sites for hydroxylation is 1. The summed E-state index contributed by atoms with van der Waals surface area (Å²) in [7, 11) is -4.24. The van der Waals surface area contributed by atoms with E-state index in [-0.39, 0.29) is 48.3 Å². The van der Waals surface area contributed by atoms with Gasteiger partial charge in [-0.25, -0.2) is 0 Å². The highest BCUT2D eigenvalue weighted by atomic mass is 32.2. The lowest BCUT2D eigenvalue weighted by Gasteiger charge is -2.38. The Kier molecular flexibility index (Phi) is 11.2. The van der Waals surface area contributed by atoms with Gasteiger partial charge in [0, 0.05) is 63.9 Å². The van der Waals surface area contributed by atoms with Crippen LogP contribution in [0, 0.1) is 6.92 Å². The number of carbonyl (C=O) groups excluding carboxylic acids is 1. The number of benzene rings is 4. The zero-order valence-corrected chi connectivity index (χ0v) is 36.6. The SMILES string of the molecule is Cc1nnc(-c2ccc(OCCCN(CCCS(=O)(=O)O)C(=O)c3ccccc3C3=c4cc5c(cc4Oc4cc6c(cc43)C(C)CC(C)(C)N6)=NC(C)(C)CC5C)cc2)nn1. The first-order valence-electron chi connectivity index (χ1n) is 21.0. The third kappa shape index (κ3) is 9.15. The summed E-state index contributed by atoms with van der Waals surface area (Å²) in [5.41, 5.74) is 6.81. The largest absolute Gasteiger partial charge is 0.494 e. The highest BCUT2D eigenvalue weighted by Gasteiger charge is 2.34. The fourth-order valence-corrected chi connectivity index (χ4v) is 9.67. The second-order valence-electron chi connectivity index (χ2n) is 17.9. The molecule has 4 aromatic carbocycles. The molecule has 13 nitrogen and oxygen atoms in total. The Hall–Kier alpha value is -5.73. The maximum atomic E-state index is 14.9. The molecule has 3 aliphatic heterocycles. The van der Waals surface area contributed by atoms with Crippen LogP contribution in [0.1, 0.15) is 117 Å². The number of hydrogen-bond acceptors (Lipinski definition) is 11. The number of nitrogens with one attached hydrogen (secondary N) is 1. The van der Waals surface area contributed by atoms with Gasteiger partial charge in [0.2, 0.25) is 5.82 Å². The maximum Gasteiger partial charge on any atom is 0.264 e. The van der Waals surface area contributed by atoms with Crippen molar-refractivity contribution in [2.45, 2.75) is 97.1 Å². The molecule has 2 unspecified atom stereocenters. The van der Waals surface area contributed by atoms with Crippen LogP contribution >= 0.6 is 0 Å². The fraction of sp³-hybridized carbons (Fsp3) is 0.404. The smallest absolute Gasteiger partial charge is 0.264 e. The van der Waals surface area contributed by atoms with E-state index < -0.39 is 15.9 Å². The van der Waals surface area contributed by atoms with E-state index in [1.807, 2.05) is 48.5 Å². The second kappa shape index (κ2) is 16.3. The van der Waals surface area contributed by atoms with Gasteiger partial charge in [0.1, 0.15) is 17.2 Å². The lowest BCUT2D eigenvalue weighted by atomic mass is 9.79. The normalized spacial score (nSPS) is 18.3. The number of nitrogens with zero attached hydrogens (tertiary/aromatic N) is 6. The van der Waals surface area contributed by atoms with Crippen LogP contribution in [0.25, 0.3) is 17.0 Å². The zero-order valence-electron chi connectivity index (χ0n) is 35.8. The van der Waals surface area contributed by atoms with Crippen LogP contribution in [-0.4, -0.2) is 80.7 Å². The molecular formula is C47H53N7O6S. The molecule has 5 aromatic rings. The van der Waals surface area contributed by atoms with Crippen molar-refractivity contribution >= 4 is 27.3 Å². The van der Waals surface area contributed by atoms with Gasteiger partial charge in [0.15, 0.2) is 5.82 Å². The summed E-state index contributed by atoms with van der Waals surface area (Å²) in [4.78, 5) is 21.7. The lowest BCUT2D eigenvalue weighted by Crippen LogP contribution is -2.37. The molecule has 61 heavy (non-hydrogen) atoms. The number of amides is 1. The Morgan fingerprint density at radius 1 is 0.869 bits per heavy atom. The molecule has 3 aliphatic rings. The molecule has 0 spiro atoms. The summed E-state index contributed by atoms with van der Waals surface area (Å²) in [5, 5.41) is 21.7. The van der Waals surface area contributed by atoms with Crippen molar-refractivity contribution in [1.82, 2.24) is 25.3 Å². The Balaban J connectivity index is 1.15. The van der Waals surface area contributed by atoms with Gasteiger partial charge in [-0.15, -0.1) is 20.4 Å². The van der Waals surface area contributed by atoms with Crippen LogP contribution in [0.2, 0.25) is 0 Å². The molecule has 0 bridgehead atoms. The average Bonchev–Trinajstić information content (AvgIpc) is 3.19. The summed E-state index contributed by atoms with van der Waals surface area (Å²) in [6.07, 6.45) is 2.38. The second-order valence-corrected chi connectivity index (χ2v) is 19.5. The van der Waals surface area contributed by atoms with Gasteiger partial charge in [-0.2, -0.15) is 8.42 Å². The minimum Gasteiger partial charge on any atom is -0.494 e. The monoisotopic (exact) mass is 843 g/mol. The first kappa shape index (κ1) is 42.0. The van der Waals surface area contributed by atoms with E-state index in [1.54, 1.807) is 11.8 Å². The number of rotatable bonds is 12. The van der Waals surface area contributed by atoms with E-state index in [0.29, 0.717) is 47.5 Å². The van der Waals surface area contributed by atoms with Crippen LogP contribution in [0.15, 0.2) is 77.8 Å². The van der Waals surface area contributed by atoms with E-state index in [2.05, 4.69) is 91.5 Å². The summed E-state index contributed by atoms with van der Waals surface area (Å²) < 4.78 is 46.1. The van der Waals surface area contributed by atoms with Crippen LogP contribution in [0.5, 0.6) is 17.2 Å². The molecule has 14 heteroatoms. The van der Waals surface area contributed by atoms with Crippen molar-refractivity contribution in [2.24, 2.45) is 4.99 Å². The molecule has 1 amide bonds. The standard InChI is InChI=1S/C47H53N7O6S/c1-28-26-46(4,5)48-39-24-41-37(22-35(28)39)43(38-23-36-29(2)27-47(6,7)49-40(36)25-42(38)60-41)33-12-8-9-13-34(33)45(55)54(19-11-21-61(56,57)58)18-10-20-59-32-16-14-31(15-17-32)44-52-50-30(3)51-53-44/h8-9,12-17,22-25,28-29,48H,10-11,18-21,26-27H2,1-7H3,(H,56,57,58). The number of ether oxygens (including phenoxy) is 2. The Labute approximate surface area is 357 Å². The van der Waals surface area contributed by atoms with E-state index >= 15 is 0 Å². The number of hydrogen-bond donors (Lipinski definition) is 2. The van der Waals surface area contributed by atoms with Gasteiger partial charge < -0.3 is 19.7 Å². The number of anilines is 1. The topological polar surface area (TPSA) is 169 Å². The van der Waals surface area contributed by atoms with Gasteiger partial charge in [-0.05, 0) is 131 Å². The van der Waals surface area contributed by atoms with Gasteiger partial charge in [-0.1, -0.05) is 32.0 Å². The van der Waals surface area contributed by atoms with Crippen LogP contribution in [-0.2, 0) is 10.1 Å². The first-order chi connectivity index (χ1) is 28.9. The van der Waals surface area contributed by atoms with Gasteiger partial charge in [0.05, 0.1) is 23.3 Å². The van der Waals surface area contributed by atoms with E-state index in [1.165, 1.54) is 5.56 Å². The molecule has 0 aliphatic carbocycles. The fourth-order valence-electron chi connectivity index (χ4n) is 9.18. The van der Waals surface area contributed by atoms with Crippen molar-refractivity contribution in [3.63, 3.8) is 0 Å². The molecule has 0 saturated carbocycles. The van der Waals surface area contributed by atoms with E-state index in [0.717, 1.165) is 56.9 Å². The number of carbonyl (C=O) groups is 1. The molecule has 4 heterocycles. The van der Waals surface area contributed by atoms with Crippen molar-refractivity contribution < 1.29 is 27.2 Å². The molecule has 8 rings (SSSR count). The Morgan fingerprint density at radius 3 is 2.31 bits per heavy atom. The maximum absolute atomic E-state index is 14.9. The van der Waals surface area contributed by atoms with E-state index in [4.69, 9.17) is 14.5 Å². The van der Waals surface area contributed by atoms with Crippen molar-refractivity contribution in [3.8, 4) is 28.6 Å². The number of fused-ring (bicyclic) bond motifs is 4. The lowest BCUT2D eigenvalue weighted by molar-refractivity contribution is 0.0746. The molecule has 318 valence electrons. The predicted octanol–water partition coefficient (Wildman–Crippen LogP) is 7.39. The zero-order chi connectivity index (χ0) is 43.3. The Bertz CT molecular complexity index is 2740. The summed E-state index contributed by atoms with van der Waals surface area (Å²) in [5.74, 6) is 2.69. The molecule has 1 aromatic heterocycles. The highest BCUT2D eigenvalue weighted by Crippen LogP contribution is 2.46.